The number of methoxy groups -OCH3 is 1. The van der Waals surface area contributed by atoms with Crippen LogP contribution in [0.15, 0.2) is 42.5 Å². The molecule has 0 saturated carbocycles. The van der Waals surface area contributed by atoms with Gasteiger partial charge >= 0.3 is 0 Å². The molecule has 19 heavy (non-hydrogen) atoms. The third kappa shape index (κ3) is 3.04. The summed E-state index contributed by atoms with van der Waals surface area (Å²) in [4.78, 5) is 12.0. The van der Waals surface area contributed by atoms with Gasteiger partial charge < -0.3 is 15.2 Å². The Labute approximate surface area is 111 Å². The van der Waals surface area contributed by atoms with Crippen LogP contribution in [0.3, 0.4) is 0 Å². The minimum atomic E-state index is -0.231. The summed E-state index contributed by atoms with van der Waals surface area (Å²) in [6.07, 6.45) is 0. The van der Waals surface area contributed by atoms with Crippen LogP contribution in [0, 0.1) is 6.92 Å². The fraction of sp³-hybridized carbons (Fsp3) is 0.133. The second-order valence-electron chi connectivity index (χ2n) is 4.18. The SMILES string of the molecule is COc1ccc(C(=O)Nc2ccc(C)c(O)c2)cc1. The summed E-state index contributed by atoms with van der Waals surface area (Å²) in [7, 11) is 1.57. The Hall–Kier alpha value is -2.49. The molecule has 0 aromatic heterocycles. The number of carbonyl (C=O) groups excluding carboxylic acids is 1. The van der Waals surface area contributed by atoms with Gasteiger partial charge in [-0.25, -0.2) is 0 Å². The highest BCUT2D eigenvalue weighted by molar-refractivity contribution is 6.04. The van der Waals surface area contributed by atoms with Crippen LogP contribution in [-0.4, -0.2) is 18.1 Å². The topological polar surface area (TPSA) is 58.6 Å². The number of phenolic OH excluding ortho intramolecular Hbond substituents is 1. The van der Waals surface area contributed by atoms with E-state index in [1.165, 1.54) is 6.07 Å². The van der Waals surface area contributed by atoms with Crippen LogP contribution in [-0.2, 0) is 0 Å². The minimum absolute atomic E-state index is 0.160. The first-order chi connectivity index (χ1) is 9.10. The fourth-order valence-electron chi connectivity index (χ4n) is 1.63. The number of hydrogen-bond donors (Lipinski definition) is 2. The summed E-state index contributed by atoms with van der Waals surface area (Å²) in [6.45, 7) is 1.80. The molecule has 0 spiro atoms. The van der Waals surface area contributed by atoms with Crippen LogP contribution in [0.1, 0.15) is 15.9 Å². The number of carbonyl (C=O) groups is 1. The summed E-state index contributed by atoms with van der Waals surface area (Å²) >= 11 is 0. The molecule has 2 N–H and O–H groups in total. The molecule has 2 rings (SSSR count). The molecule has 0 saturated heterocycles. The molecule has 0 radical (unpaired) electrons. The molecule has 4 heteroatoms. The number of anilines is 1. The zero-order chi connectivity index (χ0) is 13.8. The number of aromatic hydroxyl groups is 1. The van der Waals surface area contributed by atoms with E-state index in [-0.39, 0.29) is 11.7 Å². The lowest BCUT2D eigenvalue weighted by Crippen LogP contribution is -2.11. The molecule has 0 bridgehead atoms. The number of aryl methyl sites for hydroxylation is 1. The first-order valence-corrected chi connectivity index (χ1v) is 5.85. The predicted molar refractivity (Wildman–Crippen MR) is 73.8 cm³/mol. The van der Waals surface area contributed by atoms with E-state index in [0.717, 1.165) is 5.56 Å². The lowest BCUT2D eigenvalue weighted by molar-refractivity contribution is 0.102. The van der Waals surface area contributed by atoms with Crippen LogP contribution < -0.4 is 10.1 Å². The molecule has 98 valence electrons. The molecular weight excluding hydrogens is 242 g/mol. The second kappa shape index (κ2) is 5.44. The zero-order valence-corrected chi connectivity index (χ0v) is 10.8. The van der Waals surface area contributed by atoms with E-state index in [4.69, 9.17) is 4.74 Å². The highest BCUT2D eigenvalue weighted by atomic mass is 16.5. The van der Waals surface area contributed by atoms with Crippen LogP contribution >= 0.6 is 0 Å². The van der Waals surface area contributed by atoms with Crippen molar-refractivity contribution in [2.45, 2.75) is 6.92 Å². The molecule has 0 heterocycles. The number of nitrogens with one attached hydrogen (secondary N) is 1. The van der Waals surface area contributed by atoms with E-state index in [9.17, 15) is 9.90 Å². The van der Waals surface area contributed by atoms with E-state index >= 15 is 0 Å². The Kier molecular flexibility index (Phi) is 3.71. The number of benzene rings is 2. The molecule has 0 aliphatic rings. The van der Waals surface area contributed by atoms with Crippen molar-refractivity contribution in [3.63, 3.8) is 0 Å². The van der Waals surface area contributed by atoms with Crippen molar-refractivity contribution in [3.8, 4) is 11.5 Å². The van der Waals surface area contributed by atoms with E-state index in [1.54, 1.807) is 50.4 Å². The van der Waals surface area contributed by atoms with Crippen molar-refractivity contribution in [3.05, 3.63) is 53.6 Å². The number of rotatable bonds is 3. The maximum atomic E-state index is 12.0. The maximum Gasteiger partial charge on any atom is 0.255 e. The Morgan fingerprint density at radius 1 is 1.16 bits per heavy atom. The number of phenols is 1. The highest BCUT2D eigenvalue weighted by Gasteiger charge is 2.07. The Balaban J connectivity index is 2.13. The quantitative estimate of drug-likeness (QED) is 0.888. The number of hydrogen-bond acceptors (Lipinski definition) is 3. The monoisotopic (exact) mass is 257 g/mol. The zero-order valence-electron chi connectivity index (χ0n) is 10.8. The Bertz CT molecular complexity index is 591. The van der Waals surface area contributed by atoms with Crippen LogP contribution in [0.5, 0.6) is 11.5 Å². The molecule has 0 atom stereocenters. The minimum Gasteiger partial charge on any atom is -0.508 e. The average Bonchev–Trinajstić information content (AvgIpc) is 2.43. The normalized spacial score (nSPS) is 10.0. The van der Waals surface area contributed by atoms with Crippen LogP contribution in [0.4, 0.5) is 5.69 Å². The molecule has 4 nitrogen and oxygen atoms in total. The van der Waals surface area contributed by atoms with Gasteiger partial charge in [-0.05, 0) is 42.8 Å². The van der Waals surface area contributed by atoms with Gasteiger partial charge in [0.2, 0.25) is 0 Å². The lowest BCUT2D eigenvalue weighted by Gasteiger charge is -2.07. The fourth-order valence-corrected chi connectivity index (χ4v) is 1.63. The second-order valence-corrected chi connectivity index (χ2v) is 4.18. The number of amides is 1. The summed E-state index contributed by atoms with van der Waals surface area (Å²) in [5, 5.41) is 12.3. The molecule has 2 aromatic carbocycles. The molecule has 2 aromatic rings. The predicted octanol–water partition coefficient (Wildman–Crippen LogP) is 2.96. The van der Waals surface area contributed by atoms with E-state index in [2.05, 4.69) is 5.32 Å². The van der Waals surface area contributed by atoms with Crippen molar-refractivity contribution >= 4 is 11.6 Å². The van der Waals surface area contributed by atoms with Gasteiger partial charge in [-0.15, -0.1) is 0 Å². The van der Waals surface area contributed by atoms with E-state index in [1.807, 2.05) is 0 Å². The van der Waals surface area contributed by atoms with Gasteiger partial charge in [0.1, 0.15) is 11.5 Å². The highest BCUT2D eigenvalue weighted by Crippen LogP contribution is 2.21. The Morgan fingerprint density at radius 2 is 1.84 bits per heavy atom. The summed E-state index contributed by atoms with van der Waals surface area (Å²) in [6, 6.07) is 11.8. The third-order valence-electron chi connectivity index (χ3n) is 2.82. The number of ether oxygens (including phenoxy) is 1. The summed E-state index contributed by atoms with van der Waals surface area (Å²) < 4.78 is 5.03. The van der Waals surface area contributed by atoms with E-state index < -0.39 is 0 Å². The van der Waals surface area contributed by atoms with Crippen molar-refractivity contribution < 1.29 is 14.6 Å². The van der Waals surface area contributed by atoms with Crippen LogP contribution in [0.25, 0.3) is 0 Å². The average molecular weight is 257 g/mol. The van der Waals surface area contributed by atoms with Gasteiger partial charge in [-0.1, -0.05) is 6.07 Å². The summed E-state index contributed by atoms with van der Waals surface area (Å²) in [5.74, 6) is 0.628. The molecule has 0 aliphatic carbocycles. The molecule has 0 unspecified atom stereocenters. The van der Waals surface area contributed by atoms with Crippen molar-refractivity contribution in [1.82, 2.24) is 0 Å². The first kappa shape index (κ1) is 13.0. The van der Waals surface area contributed by atoms with Gasteiger partial charge in [0.05, 0.1) is 7.11 Å². The Morgan fingerprint density at radius 3 is 2.42 bits per heavy atom. The van der Waals surface area contributed by atoms with Gasteiger partial charge in [0, 0.05) is 17.3 Å². The van der Waals surface area contributed by atoms with Crippen molar-refractivity contribution in [2.24, 2.45) is 0 Å². The van der Waals surface area contributed by atoms with Crippen molar-refractivity contribution in [2.75, 3.05) is 12.4 Å². The maximum absolute atomic E-state index is 12.0. The molecule has 0 aliphatic heterocycles. The van der Waals surface area contributed by atoms with Gasteiger partial charge in [-0.2, -0.15) is 0 Å². The van der Waals surface area contributed by atoms with Gasteiger partial charge in [0.25, 0.3) is 5.91 Å². The molecule has 1 amide bonds. The van der Waals surface area contributed by atoms with Crippen molar-refractivity contribution in [1.29, 1.82) is 0 Å². The first-order valence-electron chi connectivity index (χ1n) is 5.85. The van der Waals surface area contributed by atoms with Gasteiger partial charge in [0.15, 0.2) is 0 Å². The lowest BCUT2D eigenvalue weighted by atomic mass is 10.1. The van der Waals surface area contributed by atoms with E-state index in [0.29, 0.717) is 17.0 Å². The molecular formula is C15H15NO3. The molecule has 0 fully saturated rings. The van der Waals surface area contributed by atoms with Gasteiger partial charge in [-0.3, -0.25) is 4.79 Å². The standard InChI is InChI=1S/C15H15NO3/c1-10-3-6-12(9-14(10)17)16-15(18)11-4-7-13(19-2)8-5-11/h3-9,17H,1-2H3,(H,16,18). The smallest absolute Gasteiger partial charge is 0.255 e. The van der Waals surface area contributed by atoms with Crippen LogP contribution in [0.2, 0.25) is 0 Å². The largest absolute Gasteiger partial charge is 0.508 e. The third-order valence-corrected chi connectivity index (χ3v) is 2.82. The summed E-state index contributed by atoms with van der Waals surface area (Å²) in [5.41, 5.74) is 1.85.